The largest absolute Gasteiger partial charge is 0.485 e. The molecule has 1 aromatic rings. The van der Waals surface area contributed by atoms with Crippen LogP contribution in [-0.4, -0.2) is 25.4 Å². The molecule has 3 heteroatoms. The molecular formula is C16H25NO2. The van der Waals surface area contributed by atoms with Gasteiger partial charge in [-0.1, -0.05) is 25.1 Å². The highest BCUT2D eigenvalue weighted by molar-refractivity contribution is 5.38. The number of rotatable bonds is 6. The van der Waals surface area contributed by atoms with E-state index in [1.807, 2.05) is 13.0 Å². The zero-order chi connectivity index (χ0) is 13.7. The van der Waals surface area contributed by atoms with E-state index in [9.17, 15) is 0 Å². The van der Waals surface area contributed by atoms with Gasteiger partial charge < -0.3 is 14.8 Å². The van der Waals surface area contributed by atoms with E-state index in [4.69, 9.17) is 9.47 Å². The number of ether oxygens (including phenoxy) is 2. The fraction of sp³-hybridized carbons (Fsp3) is 0.625. The summed E-state index contributed by atoms with van der Waals surface area (Å²) in [5, 5.41) is 3.62. The molecule has 1 heterocycles. The number of hydrogen-bond acceptors (Lipinski definition) is 3. The fourth-order valence-electron chi connectivity index (χ4n) is 2.62. The first-order valence-corrected chi connectivity index (χ1v) is 7.27. The molecular weight excluding hydrogens is 238 g/mol. The van der Waals surface area contributed by atoms with Crippen molar-refractivity contribution in [3.8, 4) is 5.75 Å². The van der Waals surface area contributed by atoms with Crippen LogP contribution in [0.4, 0.5) is 0 Å². The Morgan fingerprint density at radius 3 is 2.89 bits per heavy atom. The SMILES string of the molecule is CCCNC1CC(C)(COCC)Oc2ccccc21. The number of benzene rings is 1. The highest BCUT2D eigenvalue weighted by Crippen LogP contribution is 2.39. The standard InChI is InChI=1S/C16H25NO2/c1-4-10-17-14-11-16(3,12-18-5-2)19-15-9-7-6-8-13(14)15/h6-9,14,17H,4-5,10-12H2,1-3H3. The summed E-state index contributed by atoms with van der Waals surface area (Å²) in [6.45, 7) is 8.75. The maximum absolute atomic E-state index is 6.17. The van der Waals surface area contributed by atoms with Gasteiger partial charge in [-0.15, -0.1) is 0 Å². The van der Waals surface area contributed by atoms with Gasteiger partial charge in [-0.25, -0.2) is 0 Å². The van der Waals surface area contributed by atoms with Gasteiger partial charge in [0, 0.05) is 24.6 Å². The second-order valence-electron chi connectivity index (χ2n) is 5.44. The van der Waals surface area contributed by atoms with Gasteiger partial charge in [0.1, 0.15) is 11.4 Å². The maximum atomic E-state index is 6.17. The Morgan fingerprint density at radius 2 is 2.16 bits per heavy atom. The number of hydrogen-bond donors (Lipinski definition) is 1. The van der Waals surface area contributed by atoms with Crippen molar-refractivity contribution in [1.29, 1.82) is 0 Å². The van der Waals surface area contributed by atoms with Crippen LogP contribution < -0.4 is 10.1 Å². The quantitative estimate of drug-likeness (QED) is 0.854. The van der Waals surface area contributed by atoms with Crippen molar-refractivity contribution in [2.24, 2.45) is 0 Å². The number of fused-ring (bicyclic) bond motifs is 1. The predicted molar refractivity (Wildman–Crippen MR) is 77.6 cm³/mol. The van der Waals surface area contributed by atoms with Gasteiger partial charge in [-0.2, -0.15) is 0 Å². The zero-order valence-corrected chi connectivity index (χ0v) is 12.2. The van der Waals surface area contributed by atoms with Crippen molar-refractivity contribution in [2.75, 3.05) is 19.8 Å². The van der Waals surface area contributed by atoms with E-state index < -0.39 is 0 Å². The molecule has 0 saturated carbocycles. The van der Waals surface area contributed by atoms with E-state index in [0.29, 0.717) is 12.6 Å². The van der Waals surface area contributed by atoms with E-state index in [2.05, 4.69) is 37.4 Å². The van der Waals surface area contributed by atoms with Crippen molar-refractivity contribution < 1.29 is 9.47 Å². The molecule has 1 N–H and O–H groups in total. The molecule has 0 spiro atoms. The van der Waals surface area contributed by atoms with Crippen LogP contribution in [0, 0.1) is 0 Å². The third kappa shape index (κ3) is 3.48. The van der Waals surface area contributed by atoms with Crippen molar-refractivity contribution in [3.63, 3.8) is 0 Å². The third-order valence-corrected chi connectivity index (χ3v) is 3.54. The molecule has 2 unspecified atom stereocenters. The smallest absolute Gasteiger partial charge is 0.131 e. The normalized spacial score (nSPS) is 25.7. The van der Waals surface area contributed by atoms with Crippen LogP contribution in [0.5, 0.6) is 5.75 Å². The van der Waals surface area contributed by atoms with Crippen LogP contribution in [0.1, 0.15) is 45.2 Å². The molecule has 1 aromatic carbocycles. The summed E-state index contributed by atoms with van der Waals surface area (Å²) in [5.74, 6) is 0.990. The lowest BCUT2D eigenvalue weighted by Gasteiger charge is -2.40. The summed E-state index contributed by atoms with van der Waals surface area (Å²) >= 11 is 0. The monoisotopic (exact) mass is 263 g/mol. The van der Waals surface area contributed by atoms with Crippen LogP contribution >= 0.6 is 0 Å². The molecule has 0 aromatic heterocycles. The highest BCUT2D eigenvalue weighted by atomic mass is 16.5. The van der Waals surface area contributed by atoms with Crippen molar-refractivity contribution in [1.82, 2.24) is 5.32 Å². The minimum atomic E-state index is -0.240. The number of para-hydroxylation sites is 1. The van der Waals surface area contributed by atoms with Gasteiger partial charge in [0.15, 0.2) is 0 Å². The van der Waals surface area contributed by atoms with Gasteiger partial charge >= 0.3 is 0 Å². The first-order chi connectivity index (χ1) is 9.18. The van der Waals surface area contributed by atoms with Gasteiger partial charge in [0.2, 0.25) is 0 Å². The lowest BCUT2D eigenvalue weighted by Crippen LogP contribution is -2.45. The third-order valence-electron chi connectivity index (χ3n) is 3.54. The maximum Gasteiger partial charge on any atom is 0.131 e. The average molecular weight is 263 g/mol. The molecule has 19 heavy (non-hydrogen) atoms. The Labute approximate surface area is 116 Å². The van der Waals surface area contributed by atoms with Crippen LogP contribution in [0.2, 0.25) is 0 Å². The van der Waals surface area contributed by atoms with Gasteiger partial charge in [0.05, 0.1) is 6.61 Å². The summed E-state index contributed by atoms with van der Waals surface area (Å²) < 4.78 is 11.8. The molecule has 0 radical (unpaired) electrons. The summed E-state index contributed by atoms with van der Waals surface area (Å²) in [6, 6.07) is 8.67. The summed E-state index contributed by atoms with van der Waals surface area (Å²) in [5.41, 5.74) is 1.03. The molecule has 0 saturated heterocycles. The highest BCUT2D eigenvalue weighted by Gasteiger charge is 2.37. The average Bonchev–Trinajstić information content (AvgIpc) is 2.42. The van der Waals surface area contributed by atoms with Gasteiger partial charge in [0.25, 0.3) is 0 Å². The predicted octanol–water partition coefficient (Wildman–Crippen LogP) is 3.31. The Balaban J connectivity index is 2.18. The van der Waals surface area contributed by atoms with Crippen LogP contribution in [0.15, 0.2) is 24.3 Å². The van der Waals surface area contributed by atoms with Crippen LogP contribution in [-0.2, 0) is 4.74 Å². The minimum absolute atomic E-state index is 0.240. The second kappa shape index (κ2) is 6.40. The zero-order valence-electron chi connectivity index (χ0n) is 12.2. The van der Waals surface area contributed by atoms with E-state index in [1.54, 1.807) is 0 Å². The van der Waals surface area contributed by atoms with Crippen LogP contribution in [0.3, 0.4) is 0 Å². The molecule has 1 aliphatic rings. The molecule has 0 bridgehead atoms. The summed E-state index contributed by atoms with van der Waals surface area (Å²) in [4.78, 5) is 0. The Morgan fingerprint density at radius 1 is 1.37 bits per heavy atom. The lowest BCUT2D eigenvalue weighted by atomic mass is 9.89. The number of nitrogens with one attached hydrogen (secondary N) is 1. The second-order valence-corrected chi connectivity index (χ2v) is 5.44. The van der Waals surface area contributed by atoms with E-state index in [0.717, 1.165) is 31.7 Å². The minimum Gasteiger partial charge on any atom is -0.485 e. The first kappa shape index (κ1) is 14.4. The van der Waals surface area contributed by atoms with Crippen LogP contribution in [0.25, 0.3) is 0 Å². The van der Waals surface area contributed by atoms with E-state index >= 15 is 0 Å². The lowest BCUT2D eigenvalue weighted by molar-refractivity contribution is -0.0331. The molecule has 0 fully saturated rings. The topological polar surface area (TPSA) is 30.5 Å². The van der Waals surface area contributed by atoms with E-state index in [1.165, 1.54) is 5.56 Å². The summed E-state index contributed by atoms with van der Waals surface area (Å²) in [7, 11) is 0. The fourth-order valence-corrected chi connectivity index (χ4v) is 2.62. The molecule has 2 atom stereocenters. The Hall–Kier alpha value is -1.06. The molecule has 3 nitrogen and oxygen atoms in total. The molecule has 106 valence electrons. The first-order valence-electron chi connectivity index (χ1n) is 7.27. The Bertz CT molecular complexity index is 407. The van der Waals surface area contributed by atoms with E-state index in [-0.39, 0.29) is 5.60 Å². The Kier molecular flexibility index (Phi) is 4.83. The van der Waals surface area contributed by atoms with Gasteiger partial charge in [-0.3, -0.25) is 0 Å². The van der Waals surface area contributed by atoms with Gasteiger partial charge in [-0.05, 0) is 32.9 Å². The molecule has 0 aliphatic carbocycles. The van der Waals surface area contributed by atoms with Crippen molar-refractivity contribution >= 4 is 0 Å². The summed E-state index contributed by atoms with van der Waals surface area (Å²) in [6.07, 6.45) is 2.09. The molecule has 2 rings (SSSR count). The molecule has 1 aliphatic heterocycles. The molecule has 0 amide bonds. The van der Waals surface area contributed by atoms with Crippen molar-refractivity contribution in [3.05, 3.63) is 29.8 Å². The van der Waals surface area contributed by atoms with Crippen molar-refractivity contribution in [2.45, 2.75) is 45.3 Å².